The Morgan fingerprint density at radius 2 is 1.97 bits per heavy atom. The second-order valence-corrected chi connectivity index (χ2v) is 6.34. The number of hydrogen-bond acceptors (Lipinski definition) is 8. The summed E-state index contributed by atoms with van der Waals surface area (Å²) in [6.45, 7) is 3.21. The molecule has 0 aromatic carbocycles. The maximum absolute atomic E-state index is 12.4. The smallest absolute Gasteiger partial charge is 0.277 e. The summed E-state index contributed by atoms with van der Waals surface area (Å²) in [7, 11) is 1.59. The van der Waals surface area contributed by atoms with Crippen molar-refractivity contribution >= 4 is 23.5 Å². The zero-order valence-electron chi connectivity index (χ0n) is 16.3. The number of carbonyl (C=O) groups is 2. The molecule has 1 N–H and O–H groups in total. The maximum Gasteiger partial charge on any atom is 0.277 e. The average molecular weight is 400 g/mol. The largest absolute Gasteiger partial charge is 0.382 e. The molecule has 0 atom stereocenters. The fourth-order valence-corrected chi connectivity index (χ4v) is 2.81. The quantitative estimate of drug-likeness (QED) is 0.636. The monoisotopic (exact) mass is 400 g/mol. The highest BCUT2D eigenvalue weighted by atomic mass is 16.5. The highest BCUT2D eigenvalue weighted by molar-refractivity contribution is 6.02. The number of piperazine rings is 1. The van der Waals surface area contributed by atoms with E-state index in [-0.39, 0.29) is 24.1 Å². The van der Waals surface area contributed by atoms with Crippen LogP contribution in [0.15, 0.2) is 36.8 Å². The minimum atomic E-state index is -0.375. The van der Waals surface area contributed by atoms with Crippen molar-refractivity contribution in [2.75, 3.05) is 63.3 Å². The second-order valence-electron chi connectivity index (χ2n) is 6.34. The van der Waals surface area contributed by atoms with Crippen LogP contribution in [0.4, 0.5) is 11.6 Å². The van der Waals surface area contributed by atoms with Crippen LogP contribution in [0.25, 0.3) is 0 Å². The fourth-order valence-electron chi connectivity index (χ4n) is 2.81. The minimum Gasteiger partial charge on any atom is -0.382 e. The van der Waals surface area contributed by atoms with Crippen LogP contribution in [0.3, 0.4) is 0 Å². The van der Waals surface area contributed by atoms with Crippen LogP contribution in [-0.2, 0) is 14.3 Å². The molecule has 3 heterocycles. The van der Waals surface area contributed by atoms with Gasteiger partial charge >= 0.3 is 0 Å². The molecule has 1 aliphatic heterocycles. The Labute approximate surface area is 168 Å². The molecular formula is C19H24N6O4. The molecule has 1 fully saturated rings. The molecule has 2 aromatic heterocycles. The van der Waals surface area contributed by atoms with Crippen LogP contribution in [-0.4, -0.2) is 84.8 Å². The third-order valence-electron chi connectivity index (χ3n) is 4.37. The van der Waals surface area contributed by atoms with Gasteiger partial charge in [-0.3, -0.25) is 14.6 Å². The lowest BCUT2D eigenvalue weighted by Gasteiger charge is -2.35. The highest BCUT2D eigenvalue weighted by Gasteiger charge is 2.22. The van der Waals surface area contributed by atoms with Gasteiger partial charge in [-0.25, -0.2) is 9.97 Å². The third-order valence-corrected chi connectivity index (χ3v) is 4.37. The summed E-state index contributed by atoms with van der Waals surface area (Å²) in [6, 6.07) is 5.25. The molecule has 0 unspecified atom stereocenters. The van der Waals surface area contributed by atoms with E-state index in [2.05, 4.69) is 20.3 Å². The van der Waals surface area contributed by atoms with Gasteiger partial charge in [0.2, 0.25) is 5.91 Å². The van der Waals surface area contributed by atoms with Crippen LogP contribution in [0.5, 0.6) is 0 Å². The number of nitrogens with zero attached hydrogens (tertiary/aromatic N) is 5. The SMILES string of the molecule is COCCOCC(=O)N1CCN(c2cncc(C(=O)Nc3ccccn3)n2)CC1. The van der Waals surface area contributed by atoms with E-state index in [1.807, 2.05) is 4.90 Å². The first-order valence-corrected chi connectivity index (χ1v) is 9.31. The van der Waals surface area contributed by atoms with Crippen molar-refractivity contribution in [3.8, 4) is 0 Å². The first kappa shape index (κ1) is 20.6. The number of nitrogens with one attached hydrogen (secondary N) is 1. The Bertz CT molecular complexity index is 811. The number of hydrogen-bond donors (Lipinski definition) is 1. The number of aromatic nitrogens is 3. The predicted octanol–water partition coefficient (Wildman–Crippen LogP) is 0.436. The summed E-state index contributed by atoms with van der Waals surface area (Å²) >= 11 is 0. The topological polar surface area (TPSA) is 110 Å². The van der Waals surface area contributed by atoms with Crippen molar-refractivity contribution in [1.29, 1.82) is 0 Å². The molecule has 0 aliphatic carbocycles. The number of pyridine rings is 1. The first-order chi connectivity index (χ1) is 14.2. The van der Waals surface area contributed by atoms with E-state index in [9.17, 15) is 9.59 Å². The normalized spacial score (nSPS) is 14.0. The van der Waals surface area contributed by atoms with Crippen molar-refractivity contribution in [1.82, 2.24) is 19.9 Å². The fraction of sp³-hybridized carbons (Fsp3) is 0.421. The van der Waals surface area contributed by atoms with Crippen molar-refractivity contribution < 1.29 is 19.1 Å². The molecule has 1 aliphatic rings. The van der Waals surface area contributed by atoms with Crippen LogP contribution in [0.1, 0.15) is 10.5 Å². The van der Waals surface area contributed by atoms with E-state index in [1.165, 1.54) is 6.20 Å². The van der Waals surface area contributed by atoms with Gasteiger partial charge in [0, 0.05) is 39.5 Å². The van der Waals surface area contributed by atoms with E-state index < -0.39 is 0 Å². The Hall–Kier alpha value is -3.11. The lowest BCUT2D eigenvalue weighted by Crippen LogP contribution is -2.50. The van der Waals surface area contributed by atoms with Gasteiger partial charge in [-0.1, -0.05) is 6.07 Å². The summed E-state index contributed by atoms with van der Waals surface area (Å²) in [5, 5.41) is 2.69. The van der Waals surface area contributed by atoms with E-state index in [1.54, 1.807) is 42.6 Å². The summed E-state index contributed by atoms with van der Waals surface area (Å²) < 4.78 is 10.2. The third kappa shape index (κ3) is 5.93. The molecule has 2 amide bonds. The van der Waals surface area contributed by atoms with E-state index in [0.717, 1.165) is 0 Å². The minimum absolute atomic E-state index is 0.0460. The lowest BCUT2D eigenvalue weighted by atomic mass is 10.3. The number of anilines is 2. The first-order valence-electron chi connectivity index (χ1n) is 9.31. The van der Waals surface area contributed by atoms with Gasteiger partial charge in [0.05, 0.1) is 25.6 Å². The van der Waals surface area contributed by atoms with Gasteiger partial charge in [-0.05, 0) is 12.1 Å². The van der Waals surface area contributed by atoms with Crippen LogP contribution < -0.4 is 10.2 Å². The molecule has 154 valence electrons. The predicted molar refractivity (Wildman–Crippen MR) is 106 cm³/mol. The van der Waals surface area contributed by atoms with E-state index >= 15 is 0 Å². The molecular weight excluding hydrogens is 376 g/mol. The molecule has 0 spiro atoms. The van der Waals surface area contributed by atoms with Gasteiger partial charge in [0.25, 0.3) is 5.91 Å². The Morgan fingerprint density at radius 3 is 2.69 bits per heavy atom. The van der Waals surface area contributed by atoms with Gasteiger partial charge in [0.15, 0.2) is 0 Å². The van der Waals surface area contributed by atoms with Crippen molar-refractivity contribution in [3.05, 3.63) is 42.5 Å². The molecule has 0 saturated carbocycles. The zero-order valence-corrected chi connectivity index (χ0v) is 16.3. The van der Waals surface area contributed by atoms with Crippen molar-refractivity contribution in [2.24, 2.45) is 0 Å². The average Bonchev–Trinajstić information content (AvgIpc) is 2.77. The Kier molecular flexibility index (Phi) is 7.42. The number of carbonyl (C=O) groups excluding carboxylic acids is 2. The Morgan fingerprint density at radius 1 is 1.14 bits per heavy atom. The molecule has 10 heteroatoms. The number of ether oxygens (including phenoxy) is 2. The van der Waals surface area contributed by atoms with Crippen LogP contribution in [0, 0.1) is 0 Å². The molecule has 3 rings (SSSR count). The summed E-state index contributed by atoms with van der Waals surface area (Å²) in [5.41, 5.74) is 0.207. The molecule has 10 nitrogen and oxygen atoms in total. The molecule has 0 radical (unpaired) electrons. The van der Waals surface area contributed by atoms with Gasteiger partial charge in [-0.15, -0.1) is 0 Å². The maximum atomic E-state index is 12.4. The van der Waals surface area contributed by atoms with Gasteiger partial charge in [-0.2, -0.15) is 0 Å². The molecule has 29 heavy (non-hydrogen) atoms. The summed E-state index contributed by atoms with van der Waals surface area (Å²) in [4.78, 5) is 40.9. The van der Waals surface area contributed by atoms with Crippen molar-refractivity contribution in [2.45, 2.75) is 0 Å². The number of methoxy groups -OCH3 is 1. The van der Waals surface area contributed by atoms with E-state index in [0.29, 0.717) is 51.0 Å². The van der Waals surface area contributed by atoms with Gasteiger partial charge in [0.1, 0.15) is 23.9 Å². The van der Waals surface area contributed by atoms with Crippen LogP contribution >= 0.6 is 0 Å². The van der Waals surface area contributed by atoms with Gasteiger partial charge < -0.3 is 24.6 Å². The Balaban J connectivity index is 1.52. The molecule has 0 bridgehead atoms. The van der Waals surface area contributed by atoms with E-state index in [4.69, 9.17) is 9.47 Å². The van der Waals surface area contributed by atoms with Crippen molar-refractivity contribution in [3.63, 3.8) is 0 Å². The zero-order chi connectivity index (χ0) is 20.5. The standard InChI is InChI=1S/C19H24N6O4/c1-28-10-11-29-14-18(26)25-8-6-24(7-9-25)17-13-20-12-15(22-17)19(27)23-16-4-2-3-5-21-16/h2-5,12-13H,6-11,14H2,1H3,(H,21,23,27). The summed E-state index contributed by atoms with van der Waals surface area (Å²) in [6.07, 6.45) is 4.63. The number of amides is 2. The molecule has 1 saturated heterocycles. The number of rotatable bonds is 8. The highest BCUT2D eigenvalue weighted by Crippen LogP contribution is 2.14. The van der Waals surface area contributed by atoms with Crippen LogP contribution in [0.2, 0.25) is 0 Å². The lowest BCUT2D eigenvalue weighted by molar-refractivity contribution is -0.136. The molecule has 2 aromatic rings. The summed E-state index contributed by atoms with van der Waals surface area (Å²) in [5.74, 6) is 0.627. The second kappa shape index (κ2) is 10.4.